The summed E-state index contributed by atoms with van der Waals surface area (Å²) in [6.45, 7) is 2.48. The number of rotatable bonds is 4. The van der Waals surface area contributed by atoms with Crippen molar-refractivity contribution < 1.29 is 4.79 Å². The molecular formula is C14H20IN3O. The van der Waals surface area contributed by atoms with Crippen LogP contribution in [0.15, 0.2) is 18.2 Å². The number of likely N-dealkylation sites (tertiary alicyclic amines) is 1. The van der Waals surface area contributed by atoms with E-state index in [1.807, 2.05) is 23.1 Å². The van der Waals surface area contributed by atoms with Gasteiger partial charge >= 0.3 is 0 Å². The number of carbonyl (C=O) groups excluding carboxylic acids is 1. The summed E-state index contributed by atoms with van der Waals surface area (Å²) in [5.74, 6) is 0.247. The quantitative estimate of drug-likeness (QED) is 0.630. The highest BCUT2D eigenvalue weighted by Gasteiger charge is 2.15. The van der Waals surface area contributed by atoms with E-state index in [1.165, 1.54) is 6.42 Å². The summed E-state index contributed by atoms with van der Waals surface area (Å²) in [5.41, 5.74) is 7.56. The molecule has 0 aliphatic carbocycles. The molecule has 1 aromatic rings. The number of nitrogens with one attached hydrogen (secondary N) is 1. The van der Waals surface area contributed by atoms with Gasteiger partial charge in [0.1, 0.15) is 0 Å². The Hall–Kier alpha value is -0.980. The van der Waals surface area contributed by atoms with Crippen LogP contribution < -0.4 is 11.1 Å². The van der Waals surface area contributed by atoms with Crippen molar-refractivity contribution in [2.45, 2.75) is 25.7 Å². The summed E-state index contributed by atoms with van der Waals surface area (Å²) in [6, 6.07) is 5.89. The predicted molar refractivity (Wildman–Crippen MR) is 87.1 cm³/mol. The topological polar surface area (TPSA) is 58.4 Å². The molecule has 1 aliphatic heterocycles. The molecule has 1 aliphatic rings. The standard InChI is InChI=1S/C14H20IN3O/c15-11-4-5-13(12(16)10-11)17-7-6-14(19)18-8-2-1-3-9-18/h4-5,10,17H,1-3,6-9,16H2. The lowest BCUT2D eigenvalue weighted by Crippen LogP contribution is -2.36. The van der Waals surface area contributed by atoms with Crippen LogP contribution in [0.2, 0.25) is 0 Å². The van der Waals surface area contributed by atoms with E-state index in [0.717, 1.165) is 40.9 Å². The average Bonchev–Trinajstić information content (AvgIpc) is 2.42. The summed E-state index contributed by atoms with van der Waals surface area (Å²) >= 11 is 2.23. The smallest absolute Gasteiger partial charge is 0.224 e. The van der Waals surface area contributed by atoms with Crippen LogP contribution in [0, 0.1) is 3.57 Å². The van der Waals surface area contributed by atoms with Crippen molar-refractivity contribution in [2.24, 2.45) is 0 Å². The Bertz CT molecular complexity index is 444. The highest BCUT2D eigenvalue weighted by atomic mass is 127. The fraction of sp³-hybridized carbons (Fsp3) is 0.500. The van der Waals surface area contributed by atoms with Gasteiger partial charge in [-0.15, -0.1) is 0 Å². The molecule has 2 rings (SSSR count). The Morgan fingerprint density at radius 1 is 1.32 bits per heavy atom. The second-order valence-electron chi connectivity index (χ2n) is 4.85. The highest BCUT2D eigenvalue weighted by Crippen LogP contribution is 2.20. The number of benzene rings is 1. The minimum absolute atomic E-state index is 0.247. The van der Waals surface area contributed by atoms with Crippen molar-refractivity contribution in [3.63, 3.8) is 0 Å². The van der Waals surface area contributed by atoms with Crippen molar-refractivity contribution in [1.29, 1.82) is 0 Å². The van der Waals surface area contributed by atoms with Gasteiger partial charge in [0.25, 0.3) is 0 Å². The Labute approximate surface area is 127 Å². The molecule has 19 heavy (non-hydrogen) atoms. The van der Waals surface area contributed by atoms with Gasteiger partial charge in [-0.2, -0.15) is 0 Å². The third kappa shape index (κ3) is 4.26. The monoisotopic (exact) mass is 373 g/mol. The lowest BCUT2D eigenvalue weighted by molar-refractivity contribution is -0.131. The van der Waals surface area contributed by atoms with E-state index in [0.29, 0.717) is 13.0 Å². The number of halogens is 1. The number of piperidine rings is 1. The number of amides is 1. The van der Waals surface area contributed by atoms with Crippen LogP contribution in [-0.4, -0.2) is 30.4 Å². The molecule has 0 atom stereocenters. The van der Waals surface area contributed by atoms with Crippen molar-refractivity contribution in [3.8, 4) is 0 Å². The Balaban J connectivity index is 1.78. The van der Waals surface area contributed by atoms with Crippen LogP contribution in [0.1, 0.15) is 25.7 Å². The molecule has 1 aromatic carbocycles. The van der Waals surface area contributed by atoms with Crippen LogP contribution in [0.5, 0.6) is 0 Å². The van der Waals surface area contributed by atoms with Crippen LogP contribution in [0.25, 0.3) is 0 Å². The summed E-state index contributed by atoms with van der Waals surface area (Å²) in [7, 11) is 0. The normalized spacial score (nSPS) is 15.3. The third-order valence-corrected chi connectivity index (χ3v) is 4.05. The van der Waals surface area contributed by atoms with Gasteiger partial charge in [0.15, 0.2) is 0 Å². The lowest BCUT2D eigenvalue weighted by atomic mass is 10.1. The molecule has 5 heteroatoms. The molecule has 1 fully saturated rings. The zero-order chi connectivity index (χ0) is 13.7. The molecule has 0 radical (unpaired) electrons. The van der Waals surface area contributed by atoms with Crippen LogP contribution in [-0.2, 0) is 4.79 Å². The SMILES string of the molecule is Nc1cc(I)ccc1NCCC(=O)N1CCCCC1. The molecule has 1 heterocycles. The third-order valence-electron chi connectivity index (χ3n) is 3.38. The molecule has 0 unspecified atom stereocenters. The lowest BCUT2D eigenvalue weighted by Gasteiger charge is -2.26. The minimum Gasteiger partial charge on any atom is -0.397 e. The molecule has 0 aromatic heterocycles. The van der Waals surface area contributed by atoms with E-state index in [2.05, 4.69) is 27.9 Å². The van der Waals surface area contributed by atoms with Crippen molar-refractivity contribution in [2.75, 3.05) is 30.7 Å². The number of carbonyl (C=O) groups is 1. The molecule has 1 amide bonds. The van der Waals surface area contributed by atoms with E-state index < -0.39 is 0 Å². The Morgan fingerprint density at radius 3 is 2.74 bits per heavy atom. The maximum Gasteiger partial charge on any atom is 0.224 e. The molecule has 104 valence electrons. The second kappa shape index (κ2) is 6.98. The fourth-order valence-electron chi connectivity index (χ4n) is 2.30. The number of nitrogens with two attached hydrogens (primary N) is 1. The van der Waals surface area contributed by atoms with Gasteiger partial charge in [0, 0.05) is 29.6 Å². The van der Waals surface area contributed by atoms with E-state index in [-0.39, 0.29) is 5.91 Å². The maximum absolute atomic E-state index is 12.0. The average molecular weight is 373 g/mol. The first-order valence-electron chi connectivity index (χ1n) is 6.73. The second-order valence-corrected chi connectivity index (χ2v) is 6.10. The van der Waals surface area contributed by atoms with Gasteiger partial charge in [-0.3, -0.25) is 4.79 Å². The Kier molecular flexibility index (Phi) is 5.30. The van der Waals surface area contributed by atoms with Gasteiger partial charge in [-0.25, -0.2) is 0 Å². The molecule has 1 saturated heterocycles. The molecule has 3 N–H and O–H groups in total. The highest BCUT2D eigenvalue weighted by molar-refractivity contribution is 14.1. The number of nitrogens with zero attached hydrogens (tertiary/aromatic N) is 1. The number of nitrogen functional groups attached to an aromatic ring is 1. The van der Waals surface area contributed by atoms with Crippen molar-refractivity contribution in [3.05, 3.63) is 21.8 Å². The zero-order valence-electron chi connectivity index (χ0n) is 11.0. The first-order valence-corrected chi connectivity index (χ1v) is 7.81. The fourth-order valence-corrected chi connectivity index (χ4v) is 2.82. The maximum atomic E-state index is 12.0. The van der Waals surface area contributed by atoms with Crippen LogP contribution in [0.3, 0.4) is 0 Å². The minimum atomic E-state index is 0.247. The summed E-state index contributed by atoms with van der Waals surface area (Å²) < 4.78 is 1.12. The first kappa shape index (κ1) is 14.4. The largest absolute Gasteiger partial charge is 0.397 e. The molecular weight excluding hydrogens is 353 g/mol. The van der Waals surface area contributed by atoms with Crippen LogP contribution in [0.4, 0.5) is 11.4 Å². The Morgan fingerprint density at radius 2 is 2.05 bits per heavy atom. The summed E-state index contributed by atoms with van der Waals surface area (Å²) in [4.78, 5) is 14.0. The first-order chi connectivity index (χ1) is 9.16. The van der Waals surface area contributed by atoms with E-state index in [1.54, 1.807) is 0 Å². The van der Waals surface area contributed by atoms with Crippen molar-refractivity contribution >= 4 is 39.9 Å². The molecule has 0 spiro atoms. The van der Waals surface area contributed by atoms with Gasteiger partial charge in [-0.05, 0) is 60.1 Å². The van der Waals surface area contributed by atoms with E-state index in [9.17, 15) is 4.79 Å². The van der Waals surface area contributed by atoms with Gasteiger partial charge in [0.2, 0.25) is 5.91 Å². The predicted octanol–water partition coefficient (Wildman–Crippen LogP) is 2.69. The summed E-state index contributed by atoms with van der Waals surface area (Å²) in [6.07, 6.45) is 4.07. The molecule has 0 saturated carbocycles. The van der Waals surface area contributed by atoms with E-state index in [4.69, 9.17) is 5.73 Å². The summed E-state index contributed by atoms with van der Waals surface area (Å²) in [5, 5.41) is 3.23. The van der Waals surface area contributed by atoms with Gasteiger partial charge in [0.05, 0.1) is 11.4 Å². The molecule has 4 nitrogen and oxygen atoms in total. The number of hydrogen-bond acceptors (Lipinski definition) is 3. The number of anilines is 2. The van der Waals surface area contributed by atoms with Crippen LogP contribution >= 0.6 is 22.6 Å². The molecule has 0 bridgehead atoms. The van der Waals surface area contributed by atoms with Crippen molar-refractivity contribution in [1.82, 2.24) is 4.90 Å². The van der Waals surface area contributed by atoms with E-state index >= 15 is 0 Å². The number of hydrogen-bond donors (Lipinski definition) is 2. The zero-order valence-corrected chi connectivity index (χ0v) is 13.2. The van der Waals surface area contributed by atoms with Gasteiger partial charge in [-0.1, -0.05) is 0 Å². The van der Waals surface area contributed by atoms with Gasteiger partial charge < -0.3 is 16.0 Å².